The number of rotatable bonds is 15. The monoisotopic (exact) mass is 408 g/mol. The van der Waals surface area contributed by atoms with Crippen LogP contribution in [0.15, 0.2) is 12.2 Å². The molecular weight excluding hydrogens is 364 g/mol. The van der Waals surface area contributed by atoms with Crippen LogP contribution < -0.4 is 0 Å². The van der Waals surface area contributed by atoms with Crippen molar-refractivity contribution in [2.45, 2.75) is 98.3 Å². The van der Waals surface area contributed by atoms with Crippen molar-refractivity contribution >= 4 is 11.9 Å². The summed E-state index contributed by atoms with van der Waals surface area (Å²) in [6.07, 6.45) is 16.3. The van der Waals surface area contributed by atoms with Gasteiger partial charge in [-0.05, 0) is 31.1 Å². The molecule has 0 amide bonds. The number of esters is 2. The van der Waals surface area contributed by atoms with Gasteiger partial charge < -0.3 is 9.47 Å². The van der Waals surface area contributed by atoms with Crippen molar-refractivity contribution in [3.63, 3.8) is 0 Å². The van der Waals surface area contributed by atoms with Gasteiger partial charge in [0.25, 0.3) is 0 Å². The number of hydrogen-bond acceptors (Lipinski definition) is 4. The number of unbranched alkanes of at least 4 members (excludes halogenated alkanes) is 7. The molecule has 0 spiro atoms. The first-order valence-electron chi connectivity index (χ1n) is 11.9. The van der Waals surface area contributed by atoms with E-state index >= 15 is 0 Å². The highest BCUT2D eigenvalue weighted by Gasteiger charge is 2.36. The zero-order chi connectivity index (χ0) is 21.5. The van der Waals surface area contributed by atoms with Crippen LogP contribution in [0.3, 0.4) is 0 Å². The van der Waals surface area contributed by atoms with Crippen LogP contribution in [0, 0.1) is 23.7 Å². The Kier molecular flexibility index (Phi) is 13.8. The Morgan fingerprint density at radius 2 is 1.21 bits per heavy atom. The molecule has 0 radical (unpaired) electrons. The summed E-state index contributed by atoms with van der Waals surface area (Å²) >= 11 is 0. The van der Waals surface area contributed by atoms with Gasteiger partial charge in [-0.15, -0.1) is 0 Å². The molecule has 29 heavy (non-hydrogen) atoms. The van der Waals surface area contributed by atoms with E-state index in [1.807, 2.05) is 26.0 Å². The highest BCUT2D eigenvalue weighted by Crippen LogP contribution is 2.28. The standard InChI is InChI=1S/C25H44O4/c1-20(2)15-11-9-7-5-6-8-10-14-18-28-24(26)22-16-12-13-17-23(22)25(27)29-19-21(3)4/h12-13,20-23H,5-11,14-19H2,1-4H3. The van der Waals surface area contributed by atoms with E-state index in [2.05, 4.69) is 13.8 Å². The molecule has 0 aromatic heterocycles. The van der Waals surface area contributed by atoms with Gasteiger partial charge in [0.1, 0.15) is 0 Å². The van der Waals surface area contributed by atoms with E-state index < -0.39 is 11.8 Å². The number of carbonyl (C=O) groups excluding carboxylic acids is 2. The Balaban J connectivity index is 2.13. The molecule has 0 fully saturated rings. The van der Waals surface area contributed by atoms with Crippen LogP contribution in [0.5, 0.6) is 0 Å². The Morgan fingerprint density at radius 3 is 1.72 bits per heavy atom. The predicted molar refractivity (Wildman–Crippen MR) is 119 cm³/mol. The van der Waals surface area contributed by atoms with E-state index in [1.165, 1.54) is 44.9 Å². The molecule has 4 heteroatoms. The van der Waals surface area contributed by atoms with E-state index in [9.17, 15) is 9.59 Å². The van der Waals surface area contributed by atoms with E-state index in [4.69, 9.17) is 9.47 Å². The molecule has 4 nitrogen and oxygen atoms in total. The maximum Gasteiger partial charge on any atom is 0.310 e. The fourth-order valence-electron chi connectivity index (χ4n) is 3.69. The molecule has 168 valence electrons. The normalized spacial score (nSPS) is 19.0. The van der Waals surface area contributed by atoms with Crippen molar-refractivity contribution in [3.05, 3.63) is 12.2 Å². The minimum atomic E-state index is -0.401. The van der Waals surface area contributed by atoms with Crippen LogP contribution in [0.2, 0.25) is 0 Å². The van der Waals surface area contributed by atoms with E-state index in [-0.39, 0.29) is 11.9 Å². The molecule has 1 rings (SSSR count). The van der Waals surface area contributed by atoms with Gasteiger partial charge in [-0.2, -0.15) is 0 Å². The van der Waals surface area contributed by atoms with Gasteiger partial charge >= 0.3 is 11.9 Å². The van der Waals surface area contributed by atoms with E-state index in [0.29, 0.717) is 32.0 Å². The van der Waals surface area contributed by atoms with E-state index in [1.54, 1.807) is 0 Å². The molecule has 2 unspecified atom stereocenters. The third-order valence-corrected chi connectivity index (χ3v) is 5.52. The zero-order valence-corrected chi connectivity index (χ0v) is 19.3. The van der Waals surface area contributed by atoms with Gasteiger partial charge in [-0.3, -0.25) is 9.59 Å². The molecule has 0 aromatic rings. The fourth-order valence-corrected chi connectivity index (χ4v) is 3.69. The fraction of sp³-hybridized carbons (Fsp3) is 0.840. The van der Waals surface area contributed by atoms with Gasteiger partial charge in [0.05, 0.1) is 25.0 Å². The molecule has 0 saturated heterocycles. The Labute approximate surface area is 178 Å². The van der Waals surface area contributed by atoms with Crippen molar-refractivity contribution in [1.82, 2.24) is 0 Å². The highest BCUT2D eigenvalue weighted by molar-refractivity contribution is 5.82. The minimum absolute atomic E-state index is 0.244. The largest absolute Gasteiger partial charge is 0.465 e. The second-order valence-electron chi connectivity index (χ2n) is 9.36. The van der Waals surface area contributed by atoms with Crippen molar-refractivity contribution in [3.8, 4) is 0 Å². The predicted octanol–water partition coefficient (Wildman–Crippen LogP) is 6.48. The SMILES string of the molecule is CC(C)CCCCCCCCCCOC(=O)C1CC=CCC1C(=O)OCC(C)C. The van der Waals surface area contributed by atoms with Gasteiger partial charge in [-0.25, -0.2) is 0 Å². The number of hydrogen-bond donors (Lipinski definition) is 0. The van der Waals surface area contributed by atoms with Gasteiger partial charge in [0.15, 0.2) is 0 Å². The first-order valence-corrected chi connectivity index (χ1v) is 11.9. The minimum Gasteiger partial charge on any atom is -0.465 e. The molecule has 0 aliphatic heterocycles. The molecule has 1 aliphatic carbocycles. The van der Waals surface area contributed by atoms with Crippen molar-refractivity contribution in [1.29, 1.82) is 0 Å². The maximum absolute atomic E-state index is 12.5. The first-order chi connectivity index (χ1) is 13.9. The summed E-state index contributed by atoms with van der Waals surface area (Å²) in [6.45, 7) is 9.45. The summed E-state index contributed by atoms with van der Waals surface area (Å²) in [6, 6.07) is 0. The zero-order valence-electron chi connectivity index (χ0n) is 19.3. The summed E-state index contributed by atoms with van der Waals surface area (Å²) in [7, 11) is 0. The second-order valence-corrected chi connectivity index (χ2v) is 9.36. The van der Waals surface area contributed by atoms with Crippen molar-refractivity contribution in [2.75, 3.05) is 13.2 Å². The van der Waals surface area contributed by atoms with Crippen LogP contribution in [-0.4, -0.2) is 25.2 Å². The van der Waals surface area contributed by atoms with E-state index in [0.717, 1.165) is 18.8 Å². The smallest absolute Gasteiger partial charge is 0.310 e. The molecule has 1 aliphatic rings. The average molecular weight is 409 g/mol. The molecule has 0 heterocycles. The molecule has 0 bridgehead atoms. The van der Waals surface area contributed by atoms with Crippen molar-refractivity contribution in [2.24, 2.45) is 23.7 Å². The second kappa shape index (κ2) is 15.5. The van der Waals surface area contributed by atoms with Gasteiger partial charge in [-0.1, -0.05) is 91.2 Å². The number of carbonyl (C=O) groups is 2. The lowest BCUT2D eigenvalue weighted by Gasteiger charge is -2.25. The lowest BCUT2D eigenvalue weighted by molar-refractivity contribution is -0.161. The number of allylic oxidation sites excluding steroid dienone is 2. The first kappa shape index (κ1) is 25.7. The van der Waals surface area contributed by atoms with Crippen molar-refractivity contribution < 1.29 is 19.1 Å². The summed E-state index contributed by atoms with van der Waals surface area (Å²) in [4.78, 5) is 24.8. The summed E-state index contributed by atoms with van der Waals surface area (Å²) in [5.41, 5.74) is 0. The third kappa shape index (κ3) is 12.1. The highest BCUT2D eigenvalue weighted by atomic mass is 16.5. The Morgan fingerprint density at radius 1 is 0.724 bits per heavy atom. The van der Waals surface area contributed by atoms with Gasteiger partial charge in [0.2, 0.25) is 0 Å². The average Bonchev–Trinajstić information content (AvgIpc) is 2.69. The third-order valence-electron chi connectivity index (χ3n) is 5.52. The quantitative estimate of drug-likeness (QED) is 0.177. The lowest BCUT2D eigenvalue weighted by Crippen LogP contribution is -2.34. The van der Waals surface area contributed by atoms with Crippen LogP contribution in [0.25, 0.3) is 0 Å². The molecule has 0 aromatic carbocycles. The maximum atomic E-state index is 12.5. The van der Waals surface area contributed by atoms with Gasteiger partial charge in [0, 0.05) is 0 Å². The molecule has 2 atom stereocenters. The number of ether oxygens (including phenoxy) is 2. The summed E-state index contributed by atoms with van der Waals surface area (Å²) < 4.78 is 10.8. The summed E-state index contributed by atoms with van der Waals surface area (Å²) in [5.74, 6) is -0.191. The van der Waals surface area contributed by atoms with Crippen LogP contribution in [-0.2, 0) is 19.1 Å². The molecular formula is C25H44O4. The summed E-state index contributed by atoms with van der Waals surface area (Å²) in [5, 5.41) is 0. The topological polar surface area (TPSA) is 52.6 Å². The lowest BCUT2D eigenvalue weighted by atomic mass is 9.83. The van der Waals surface area contributed by atoms with Crippen LogP contribution in [0.4, 0.5) is 0 Å². The van der Waals surface area contributed by atoms with Crippen LogP contribution >= 0.6 is 0 Å². The van der Waals surface area contributed by atoms with Crippen LogP contribution in [0.1, 0.15) is 98.3 Å². The Bertz CT molecular complexity index is 481. The molecule has 0 saturated carbocycles. The Hall–Kier alpha value is -1.32. The molecule has 0 N–H and O–H groups in total.